The highest BCUT2D eigenvalue weighted by atomic mass is 79.9. The van der Waals surface area contributed by atoms with Crippen molar-refractivity contribution in [2.75, 3.05) is 0 Å². The molecule has 0 saturated carbocycles. The van der Waals surface area contributed by atoms with Crippen LogP contribution in [0.4, 0.5) is 35.1 Å². The predicted molar refractivity (Wildman–Crippen MR) is 54.5 cm³/mol. The maximum atomic E-state index is 12.8. The molecule has 0 spiro atoms. The largest absolute Gasteiger partial charge is 0.461 e. The van der Waals surface area contributed by atoms with Crippen molar-refractivity contribution < 1.29 is 39.9 Å². The Labute approximate surface area is 114 Å². The highest BCUT2D eigenvalue weighted by molar-refractivity contribution is 9.10. The molecule has 0 aliphatic heterocycles. The monoisotopic (exact) mass is 370 g/mol. The van der Waals surface area contributed by atoms with E-state index in [4.69, 9.17) is 0 Å². The van der Waals surface area contributed by atoms with Crippen LogP contribution >= 0.6 is 15.9 Å². The number of carbonyl (C=O) groups excluding carboxylic acids is 1. The lowest BCUT2D eigenvalue weighted by molar-refractivity contribution is -0.255. The number of halogens is 9. The van der Waals surface area contributed by atoms with Crippen molar-refractivity contribution in [1.29, 1.82) is 0 Å². The molecular weight excluding hydrogens is 368 g/mol. The smallest absolute Gasteiger partial charge is 0.287 e. The first kappa shape index (κ1) is 16.9. The Balaban J connectivity index is 3.33. The molecule has 0 unspecified atom stereocenters. The second kappa shape index (κ2) is 4.97. The standard InChI is InChI=1S/C10H3BrF8O/c11-6-2-1-4(3-5(6)9(14,15)16)7(20)8(12,13)10(17,18)19/h1-3H. The van der Waals surface area contributed by atoms with Crippen LogP contribution in [0.2, 0.25) is 0 Å². The van der Waals surface area contributed by atoms with Gasteiger partial charge in [0.15, 0.2) is 0 Å². The van der Waals surface area contributed by atoms with E-state index in [1.807, 2.05) is 0 Å². The zero-order valence-corrected chi connectivity index (χ0v) is 10.6. The molecule has 1 aromatic rings. The van der Waals surface area contributed by atoms with Crippen LogP contribution in [-0.2, 0) is 6.18 Å². The fourth-order valence-electron chi connectivity index (χ4n) is 1.19. The van der Waals surface area contributed by atoms with Crippen LogP contribution in [0.3, 0.4) is 0 Å². The van der Waals surface area contributed by atoms with Crippen molar-refractivity contribution in [3.8, 4) is 0 Å². The van der Waals surface area contributed by atoms with Crippen LogP contribution in [0.25, 0.3) is 0 Å². The van der Waals surface area contributed by atoms with Crippen molar-refractivity contribution in [1.82, 2.24) is 0 Å². The van der Waals surface area contributed by atoms with Crippen molar-refractivity contribution in [2.45, 2.75) is 18.3 Å². The third-order valence-electron chi connectivity index (χ3n) is 2.18. The van der Waals surface area contributed by atoms with Gasteiger partial charge in [-0.2, -0.15) is 35.1 Å². The summed E-state index contributed by atoms with van der Waals surface area (Å²) in [5, 5.41) is 0. The van der Waals surface area contributed by atoms with Gasteiger partial charge in [-0.1, -0.05) is 22.0 Å². The van der Waals surface area contributed by atoms with Crippen LogP contribution in [0, 0.1) is 0 Å². The lowest BCUT2D eigenvalue weighted by atomic mass is 10.0. The number of hydrogen-bond acceptors (Lipinski definition) is 1. The lowest BCUT2D eigenvalue weighted by Crippen LogP contribution is -2.44. The van der Waals surface area contributed by atoms with Gasteiger partial charge in [-0.05, 0) is 12.1 Å². The number of hydrogen-bond donors (Lipinski definition) is 0. The van der Waals surface area contributed by atoms with Gasteiger partial charge in [0.05, 0.1) is 5.56 Å². The fraction of sp³-hybridized carbons (Fsp3) is 0.300. The molecule has 0 atom stereocenters. The first-order valence-electron chi connectivity index (χ1n) is 4.64. The third kappa shape index (κ3) is 3.10. The van der Waals surface area contributed by atoms with Gasteiger partial charge in [-0.25, -0.2) is 0 Å². The predicted octanol–water partition coefficient (Wildman–Crippen LogP) is 4.85. The summed E-state index contributed by atoms with van der Waals surface area (Å²) >= 11 is 2.46. The molecule has 1 rings (SSSR count). The Hall–Kier alpha value is -1.19. The van der Waals surface area contributed by atoms with Gasteiger partial charge < -0.3 is 0 Å². The molecule has 0 N–H and O–H groups in total. The molecular formula is C10H3BrF8O. The van der Waals surface area contributed by atoms with Crippen LogP contribution in [0.1, 0.15) is 15.9 Å². The number of Topliss-reactive ketones (excluding diaryl/α,β-unsaturated/α-hetero) is 1. The summed E-state index contributed by atoms with van der Waals surface area (Å²) in [6.45, 7) is 0. The molecule has 10 heteroatoms. The van der Waals surface area contributed by atoms with Crippen LogP contribution in [0.5, 0.6) is 0 Å². The summed E-state index contributed by atoms with van der Waals surface area (Å²) in [7, 11) is 0. The van der Waals surface area contributed by atoms with E-state index in [-0.39, 0.29) is 6.07 Å². The zero-order chi connectivity index (χ0) is 15.9. The second-order valence-electron chi connectivity index (χ2n) is 3.59. The molecule has 0 aromatic heterocycles. The van der Waals surface area contributed by atoms with E-state index in [9.17, 15) is 39.9 Å². The molecule has 0 aliphatic rings. The SMILES string of the molecule is O=C(c1ccc(Br)c(C(F)(F)F)c1)C(F)(F)C(F)(F)F. The van der Waals surface area contributed by atoms with E-state index in [1.54, 1.807) is 0 Å². The lowest BCUT2D eigenvalue weighted by Gasteiger charge is -2.19. The Morgan fingerprint density at radius 3 is 1.85 bits per heavy atom. The normalized spacial score (nSPS) is 13.4. The molecule has 0 radical (unpaired) electrons. The number of ketones is 1. The van der Waals surface area contributed by atoms with Gasteiger partial charge in [-0.3, -0.25) is 4.79 Å². The molecule has 0 heterocycles. The maximum Gasteiger partial charge on any atom is 0.461 e. The highest BCUT2D eigenvalue weighted by Gasteiger charge is 2.63. The summed E-state index contributed by atoms with van der Waals surface area (Å²) < 4.78 is 98.3. The van der Waals surface area contributed by atoms with E-state index in [0.717, 1.165) is 0 Å². The Morgan fingerprint density at radius 2 is 1.45 bits per heavy atom. The van der Waals surface area contributed by atoms with Gasteiger partial charge >= 0.3 is 18.3 Å². The average molecular weight is 371 g/mol. The molecule has 20 heavy (non-hydrogen) atoms. The van der Waals surface area contributed by atoms with E-state index >= 15 is 0 Å². The number of benzene rings is 1. The minimum absolute atomic E-state index is 0.0634. The zero-order valence-electron chi connectivity index (χ0n) is 9.04. The topological polar surface area (TPSA) is 17.1 Å². The van der Waals surface area contributed by atoms with Gasteiger partial charge in [0.2, 0.25) is 5.78 Å². The summed E-state index contributed by atoms with van der Waals surface area (Å²) in [5.41, 5.74) is -2.91. The van der Waals surface area contributed by atoms with Crippen LogP contribution < -0.4 is 0 Å². The molecule has 112 valence electrons. The average Bonchev–Trinajstić information content (AvgIpc) is 2.25. The van der Waals surface area contributed by atoms with E-state index in [0.29, 0.717) is 12.1 Å². The molecule has 0 saturated heterocycles. The Bertz CT molecular complexity index is 531. The molecule has 0 bridgehead atoms. The van der Waals surface area contributed by atoms with Crippen LogP contribution in [-0.4, -0.2) is 17.9 Å². The minimum Gasteiger partial charge on any atom is -0.287 e. The van der Waals surface area contributed by atoms with Gasteiger partial charge in [0.1, 0.15) is 0 Å². The Kier molecular flexibility index (Phi) is 4.19. The van der Waals surface area contributed by atoms with Gasteiger partial charge in [0, 0.05) is 10.0 Å². The molecule has 1 nitrogen and oxygen atoms in total. The number of rotatable bonds is 2. The highest BCUT2D eigenvalue weighted by Crippen LogP contribution is 2.40. The van der Waals surface area contributed by atoms with Crippen molar-refractivity contribution >= 4 is 21.7 Å². The molecule has 1 aromatic carbocycles. The van der Waals surface area contributed by atoms with E-state index in [2.05, 4.69) is 15.9 Å². The number of alkyl halides is 8. The van der Waals surface area contributed by atoms with Crippen molar-refractivity contribution in [3.63, 3.8) is 0 Å². The summed E-state index contributed by atoms with van der Waals surface area (Å²) in [5.74, 6) is -8.51. The quantitative estimate of drug-likeness (QED) is 0.537. The minimum atomic E-state index is -6.18. The maximum absolute atomic E-state index is 12.8. The van der Waals surface area contributed by atoms with E-state index < -0.39 is 39.7 Å². The van der Waals surface area contributed by atoms with Crippen LogP contribution in [0.15, 0.2) is 22.7 Å². The fourth-order valence-corrected chi connectivity index (χ4v) is 1.67. The molecule has 0 fully saturated rings. The molecule has 0 amide bonds. The van der Waals surface area contributed by atoms with Gasteiger partial charge in [-0.15, -0.1) is 0 Å². The molecule has 0 aliphatic carbocycles. The van der Waals surface area contributed by atoms with Gasteiger partial charge in [0.25, 0.3) is 0 Å². The summed E-state index contributed by atoms with van der Waals surface area (Å²) in [6.07, 6.45) is -11.2. The first-order valence-corrected chi connectivity index (χ1v) is 5.44. The van der Waals surface area contributed by atoms with Crippen molar-refractivity contribution in [2.24, 2.45) is 0 Å². The van der Waals surface area contributed by atoms with Crippen molar-refractivity contribution in [3.05, 3.63) is 33.8 Å². The number of carbonyl (C=O) groups is 1. The van der Waals surface area contributed by atoms with E-state index in [1.165, 1.54) is 0 Å². The summed E-state index contributed by atoms with van der Waals surface area (Å²) in [4.78, 5) is 11.1. The first-order chi connectivity index (χ1) is 8.78. The summed E-state index contributed by atoms with van der Waals surface area (Å²) in [6, 6.07) is 0.954. The Morgan fingerprint density at radius 1 is 0.950 bits per heavy atom. The third-order valence-corrected chi connectivity index (χ3v) is 2.87. The second-order valence-corrected chi connectivity index (χ2v) is 4.45.